The van der Waals surface area contributed by atoms with E-state index in [2.05, 4.69) is 9.05 Å². The molecule has 0 amide bonds. The molecular weight excluding hydrogens is 206 g/mol. The molecule has 0 aliphatic heterocycles. The minimum Gasteiger partial charge on any atom is -0.345 e. The van der Waals surface area contributed by atoms with Crippen molar-refractivity contribution in [3.8, 4) is 0 Å². The largest absolute Gasteiger partial charge is 0.471 e. The summed E-state index contributed by atoms with van der Waals surface area (Å²) < 4.78 is 27.8. The van der Waals surface area contributed by atoms with Crippen molar-refractivity contribution in [2.75, 3.05) is 27.5 Å². The van der Waals surface area contributed by atoms with E-state index in [9.17, 15) is 9.13 Å². The van der Waals surface area contributed by atoms with Gasteiger partial charge in [0.1, 0.15) is 0 Å². The van der Waals surface area contributed by atoms with Gasteiger partial charge < -0.3 is 9.79 Å². The van der Waals surface area contributed by atoms with Crippen molar-refractivity contribution in [2.24, 2.45) is 0 Å². The minimum atomic E-state index is -3.65. The molecule has 0 aliphatic rings. The highest BCUT2D eigenvalue weighted by molar-refractivity contribution is 7.56. The van der Waals surface area contributed by atoms with Crippen molar-refractivity contribution < 1.29 is 28.0 Å². The fourth-order valence-electron chi connectivity index (χ4n) is 0.0745. The molecule has 0 fully saturated rings. The van der Waals surface area contributed by atoms with Gasteiger partial charge in [0.15, 0.2) is 7.37 Å². The molecular formula is C4H14O6P2. The second kappa shape index (κ2) is 5.86. The number of rotatable bonds is 2. The van der Waals surface area contributed by atoms with Crippen molar-refractivity contribution in [3.63, 3.8) is 0 Å². The molecule has 0 aliphatic carbocycles. The Kier molecular flexibility index (Phi) is 7.23. The summed E-state index contributed by atoms with van der Waals surface area (Å²) in [5.74, 6) is 0. The first-order chi connectivity index (χ1) is 5.12. The zero-order chi connectivity index (χ0) is 10.4. The highest BCUT2D eigenvalue weighted by Crippen LogP contribution is 2.40. The highest BCUT2D eigenvalue weighted by atomic mass is 31.2. The van der Waals surface area contributed by atoms with Gasteiger partial charge in [-0.15, -0.1) is 0 Å². The maximum absolute atomic E-state index is 10.1. The molecule has 0 spiro atoms. The van der Waals surface area contributed by atoms with Crippen LogP contribution >= 0.6 is 15.2 Å². The molecule has 0 aromatic heterocycles. The molecule has 0 saturated heterocycles. The molecule has 0 bridgehead atoms. The lowest BCUT2D eigenvalue weighted by Gasteiger charge is -2.01. The van der Waals surface area contributed by atoms with E-state index >= 15 is 0 Å². The monoisotopic (exact) mass is 220 g/mol. The molecule has 0 unspecified atom stereocenters. The number of hydrogen-bond acceptors (Lipinski definition) is 4. The van der Waals surface area contributed by atoms with Crippen LogP contribution in [0.2, 0.25) is 0 Å². The van der Waals surface area contributed by atoms with Crippen molar-refractivity contribution in [1.29, 1.82) is 0 Å². The van der Waals surface area contributed by atoms with Crippen molar-refractivity contribution in [3.05, 3.63) is 0 Å². The van der Waals surface area contributed by atoms with Crippen LogP contribution in [0.3, 0.4) is 0 Å². The lowest BCUT2D eigenvalue weighted by molar-refractivity contribution is 0.204. The molecule has 2 N–H and O–H groups in total. The molecule has 12 heavy (non-hydrogen) atoms. The van der Waals surface area contributed by atoms with Crippen LogP contribution in [0, 0.1) is 0 Å². The smallest absolute Gasteiger partial charge is 0.345 e. The number of phosphoric ester groups is 1. The van der Waals surface area contributed by atoms with Crippen LogP contribution in [0.5, 0.6) is 0 Å². The summed E-state index contributed by atoms with van der Waals surface area (Å²) in [6.45, 7) is 2.60. The van der Waals surface area contributed by atoms with E-state index in [1.165, 1.54) is 13.3 Å². The molecule has 0 aromatic rings. The van der Waals surface area contributed by atoms with Crippen LogP contribution in [-0.4, -0.2) is 37.3 Å². The van der Waals surface area contributed by atoms with E-state index in [-0.39, 0.29) is 0 Å². The van der Waals surface area contributed by atoms with Gasteiger partial charge in [0, 0.05) is 27.5 Å². The average Bonchev–Trinajstić information content (AvgIpc) is 1.85. The summed E-state index contributed by atoms with van der Waals surface area (Å²) in [5, 5.41) is 0. The van der Waals surface area contributed by atoms with Crippen LogP contribution in [0.25, 0.3) is 0 Å². The molecule has 8 heteroatoms. The fourth-order valence-corrected chi connectivity index (χ4v) is 0.224. The van der Waals surface area contributed by atoms with Crippen LogP contribution in [0.4, 0.5) is 0 Å². The zero-order valence-electron chi connectivity index (χ0n) is 7.42. The van der Waals surface area contributed by atoms with Gasteiger partial charge in [0.25, 0.3) is 0 Å². The summed E-state index contributed by atoms with van der Waals surface area (Å²) in [4.78, 5) is 16.3. The summed E-state index contributed by atoms with van der Waals surface area (Å²) in [5.41, 5.74) is 0. The third-order valence-electron chi connectivity index (χ3n) is 0.461. The van der Waals surface area contributed by atoms with Crippen molar-refractivity contribution in [2.45, 2.75) is 0 Å². The maximum atomic E-state index is 10.1. The summed E-state index contributed by atoms with van der Waals surface area (Å²) in [7, 11) is -4.09. The zero-order valence-corrected chi connectivity index (χ0v) is 9.21. The van der Waals surface area contributed by atoms with E-state index in [1.54, 1.807) is 0 Å². The minimum absolute atomic E-state index is 1.10. The molecule has 6 nitrogen and oxygen atoms in total. The van der Waals surface area contributed by atoms with Gasteiger partial charge in [0.05, 0.1) is 0 Å². The second-order valence-corrected chi connectivity index (χ2v) is 6.38. The second-order valence-electron chi connectivity index (χ2n) is 2.13. The van der Waals surface area contributed by atoms with Crippen LogP contribution in [-0.2, 0) is 18.2 Å². The Morgan fingerprint density at radius 2 is 1.17 bits per heavy atom. The normalized spacial score (nSPS) is 11.8. The van der Waals surface area contributed by atoms with Gasteiger partial charge in [-0.1, -0.05) is 0 Å². The topological polar surface area (TPSA) is 93.1 Å². The first kappa shape index (κ1) is 14.8. The summed E-state index contributed by atoms with van der Waals surface area (Å²) >= 11 is 0. The Bertz CT molecular complexity index is 179. The Morgan fingerprint density at radius 3 is 1.17 bits per heavy atom. The van der Waals surface area contributed by atoms with Gasteiger partial charge in [-0.05, 0) is 0 Å². The Balaban J connectivity index is 0. The summed E-state index contributed by atoms with van der Waals surface area (Å²) in [6.07, 6.45) is 0. The molecule has 0 aromatic carbocycles. The number of phosphoric acid groups is 1. The van der Waals surface area contributed by atoms with Crippen LogP contribution in [0.15, 0.2) is 0 Å². The summed E-state index contributed by atoms with van der Waals surface area (Å²) in [6, 6.07) is 0. The predicted molar refractivity (Wildman–Crippen MR) is 45.5 cm³/mol. The maximum Gasteiger partial charge on any atom is 0.471 e. The van der Waals surface area contributed by atoms with Gasteiger partial charge >= 0.3 is 7.82 Å². The molecule has 76 valence electrons. The van der Waals surface area contributed by atoms with Crippen molar-refractivity contribution >= 4 is 15.2 Å². The lowest BCUT2D eigenvalue weighted by atomic mass is 11.8. The quantitative estimate of drug-likeness (QED) is 0.671. The first-order valence-corrected chi connectivity index (χ1v) is 6.89. The Morgan fingerprint density at radius 1 is 1.00 bits per heavy atom. The Labute approximate surface area is 71.6 Å². The van der Waals surface area contributed by atoms with E-state index in [1.807, 2.05) is 0 Å². The first-order valence-electron chi connectivity index (χ1n) is 2.84. The van der Waals surface area contributed by atoms with Gasteiger partial charge in [0.2, 0.25) is 0 Å². The molecule has 0 rings (SSSR count). The third-order valence-corrected chi connectivity index (χ3v) is 1.38. The average molecular weight is 220 g/mol. The molecule has 0 saturated carbocycles. The van der Waals surface area contributed by atoms with E-state index in [0.717, 1.165) is 14.2 Å². The van der Waals surface area contributed by atoms with E-state index in [4.69, 9.17) is 9.79 Å². The molecule has 0 atom stereocenters. The van der Waals surface area contributed by atoms with Gasteiger partial charge in [-0.2, -0.15) is 0 Å². The standard InChI is InChI=1S/C2H7O4P.C2H7O2P/c1-5-7(3,4)6-2;1-5(2,3)4/h1-2H3,(H,3,4);1-2H3,(H,3,4). The van der Waals surface area contributed by atoms with Crippen LogP contribution < -0.4 is 0 Å². The van der Waals surface area contributed by atoms with Gasteiger partial charge in [-0.25, -0.2) is 4.57 Å². The third kappa shape index (κ3) is 22.4. The predicted octanol–water partition coefficient (Wildman–Crippen LogP) is 0.896. The molecule has 0 radical (unpaired) electrons. The van der Waals surface area contributed by atoms with Crippen molar-refractivity contribution in [1.82, 2.24) is 0 Å². The van der Waals surface area contributed by atoms with Gasteiger partial charge in [-0.3, -0.25) is 13.6 Å². The SMILES string of the molecule is COP(=O)(O)OC.CP(C)(=O)O. The molecule has 0 heterocycles. The highest BCUT2D eigenvalue weighted by Gasteiger charge is 2.13. The van der Waals surface area contributed by atoms with E-state index in [0.29, 0.717) is 0 Å². The lowest BCUT2D eigenvalue weighted by Crippen LogP contribution is -1.83. The fraction of sp³-hybridized carbons (Fsp3) is 1.00. The Hall–Kier alpha value is 0.300. The number of hydrogen-bond donors (Lipinski definition) is 2. The van der Waals surface area contributed by atoms with Crippen LogP contribution in [0.1, 0.15) is 0 Å². The van der Waals surface area contributed by atoms with E-state index < -0.39 is 15.2 Å².